The third-order valence-electron chi connectivity index (χ3n) is 12.5. The SMILES string of the molecule is CCCCCCCCCCCCCC(=O)OC[C@H](COC(=O)CCCCCCCCCCCCCCCCCCCCC(C)C)OC(=O)CCCCCCCCCCCCC. The molecule has 0 aromatic rings. The molecule has 0 rings (SSSR count). The van der Waals surface area contributed by atoms with E-state index in [1.165, 1.54) is 205 Å². The van der Waals surface area contributed by atoms with Gasteiger partial charge in [-0.15, -0.1) is 0 Å². The van der Waals surface area contributed by atoms with Crippen molar-refractivity contribution in [3.05, 3.63) is 0 Å². The van der Waals surface area contributed by atoms with Crippen LogP contribution in [0.4, 0.5) is 0 Å². The van der Waals surface area contributed by atoms with Gasteiger partial charge in [-0.3, -0.25) is 14.4 Å². The first-order valence-corrected chi connectivity index (χ1v) is 27.4. The summed E-state index contributed by atoms with van der Waals surface area (Å²) < 4.78 is 16.8. The molecule has 0 aromatic heterocycles. The Morgan fingerprint density at radius 1 is 0.311 bits per heavy atom. The lowest BCUT2D eigenvalue weighted by Crippen LogP contribution is -2.30. The molecule has 0 aromatic carbocycles. The molecule has 0 unspecified atom stereocenters. The van der Waals surface area contributed by atoms with E-state index in [0.717, 1.165) is 63.7 Å². The van der Waals surface area contributed by atoms with E-state index in [1.54, 1.807) is 0 Å². The average molecular weight is 863 g/mol. The molecule has 61 heavy (non-hydrogen) atoms. The fourth-order valence-corrected chi connectivity index (χ4v) is 8.39. The predicted octanol–water partition coefficient (Wildman–Crippen LogP) is 17.8. The normalized spacial score (nSPS) is 12.0. The number of carbonyl (C=O) groups excluding carboxylic acids is 3. The van der Waals surface area contributed by atoms with Crippen molar-refractivity contribution in [1.82, 2.24) is 0 Å². The quantitative estimate of drug-likeness (QED) is 0.0344. The van der Waals surface area contributed by atoms with Crippen LogP contribution in [-0.2, 0) is 28.6 Å². The van der Waals surface area contributed by atoms with E-state index >= 15 is 0 Å². The van der Waals surface area contributed by atoms with Crippen molar-refractivity contribution < 1.29 is 28.6 Å². The third-order valence-corrected chi connectivity index (χ3v) is 12.5. The van der Waals surface area contributed by atoms with Crippen LogP contribution in [0.15, 0.2) is 0 Å². The van der Waals surface area contributed by atoms with Crippen molar-refractivity contribution in [2.24, 2.45) is 5.92 Å². The van der Waals surface area contributed by atoms with Gasteiger partial charge in [0.15, 0.2) is 6.10 Å². The lowest BCUT2D eigenvalue weighted by atomic mass is 10.0. The monoisotopic (exact) mass is 863 g/mol. The summed E-state index contributed by atoms with van der Waals surface area (Å²) in [4.78, 5) is 37.9. The van der Waals surface area contributed by atoms with Crippen LogP contribution in [0.25, 0.3) is 0 Å². The largest absolute Gasteiger partial charge is 0.462 e. The smallest absolute Gasteiger partial charge is 0.306 e. The molecule has 6 nitrogen and oxygen atoms in total. The highest BCUT2D eigenvalue weighted by Gasteiger charge is 2.19. The average Bonchev–Trinajstić information content (AvgIpc) is 3.24. The van der Waals surface area contributed by atoms with E-state index in [9.17, 15) is 14.4 Å². The maximum absolute atomic E-state index is 12.8. The highest BCUT2D eigenvalue weighted by atomic mass is 16.6. The number of hydrogen-bond donors (Lipinski definition) is 0. The molecule has 0 heterocycles. The molecule has 0 fully saturated rings. The van der Waals surface area contributed by atoms with Gasteiger partial charge in [-0.05, 0) is 25.2 Å². The van der Waals surface area contributed by atoms with Crippen molar-refractivity contribution in [2.75, 3.05) is 13.2 Å². The van der Waals surface area contributed by atoms with Crippen LogP contribution in [-0.4, -0.2) is 37.2 Å². The Kier molecular flexibility index (Phi) is 48.1. The summed E-state index contributed by atoms with van der Waals surface area (Å²) in [6, 6.07) is 0. The van der Waals surface area contributed by atoms with Gasteiger partial charge in [0.1, 0.15) is 13.2 Å². The standard InChI is InChI=1S/C55H106O6/c1-5-7-9-11-13-15-25-30-34-38-42-46-53(56)59-49-52(61-55(58)48-44-40-36-32-26-16-14-12-10-8-6-2)50-60-54(57)47-43-39-35-31-28-24-22-20-18-17-19-21-23-27-29-33-37-41-45-51(3)4/h51-52H,5-50H2,1-4H3/t52-/m1/s1. The van der Waals surface area contributed by atoms with Gasteiger partial charge in [0, 0.05) is 19.3 Å². The molecule has 362 valence electrons. The molecule has 0 aliphatic carbocycles. The topological polar surface area (TPSA) is 78.9 Å². The molecular formula is C55H106O6. The molecule has 0 saturated carbocycles. The second-order valence-corrected chi connectivity index (χ2v) is 19.3. The lowest BCUT2D eigenvalue weighted by Gasteiger charge is -2.18. The minimum Gasteiger partial charge on any atom is -0.462 e. The second-order valence-electron chi connectivity index (χ2n) is 19.3. The molecule has 0 aliphatic rings. The number of carbonyl (C=O) groups is 3. The summed E-state index contributed by atoms with van der Waals surface area (Å²) in [5.74, 6) is 0.0170. The molecule has 1 atom stereocenters. The number of rotatable bonds is 50. The van der Waals surface area contributed by atoms with E-state index in [0.29, 0.717) is 19.3 Å². The number of hydrogen-bond acceptors (Lipinski definition) is 6. The minimum absolute atomic E-state index is 0.0623. The van der Waals surface area contributed by atoms with E-state index in [2.05, 4.69) is 27.7 Å². The van der Waals surface area contributed by atoms with Gasteiger partial charge in [0.05, 0.1) is 0 Å². The molecule has 0 spiro atoms. The van der Waals surface area contributed by atoms with Crippen molar-refractivity contribution in [3.63, 3.8) is 0 Å². The molecule has 0 N–H and O–H groups in total. The van der Waals surface area contributed by atoms with Gasteiger partial charge in [-0.2, -0.15) is 0 Å². The fourth-order valence-electron chi connectivity index (χ4n) is 8.39. The lowest BCUT2D eigenvalue weighted by molar-refractivity contribution is -0.167. The molecule has 0 radical (unpaired) electrons. The first-order chi connectivity index (χ1) is 29.9. The van der Waals surface area contributed by atoms with Crippen LogP contribution in [0, 0.1) is 5.92 Å². The first kappa shape index (κ1) is 59.4. The van der Waals surface area contributed by atoms with Crippen molar-refractivity contribution >= 4 is 17.9 Å². The van der Waals surface area contributed by atoms with E-state index in [-0.39, 0.29) is 31.1 Å². The van der Waals surface area contributed by atoms with Gasteiger partial charge < -0.3 is 14.2 Å². The molecule has 6 heteroatoms. The summed E-state index contributed by atoms with van der Waals surface area (Å²) in [5.41, 5.74) is 0. The maximum Gasteiger partial charge on any atom is 0.306 e. The zero-order valence-corrected chi connectivity index (χ0v) is 41.6. The van der Waals surface area contributed by atoms with E-state index in [4.69, 9.17) is 14.2 Å². The molecule has 0 bridgehead atoms. The van der Waals surface area contributed by atoms with Crippen LogP contribution in [0.5, 0.6) is 0 Å². The number of unbranched alkanes of at least 4 members (excludes halogenated alkanes) is 37. The highest BCUT2D eigenvalue weighted by Crippen LogP contribution is 2.17. The number of esters is 3. The van der Waals surface area contributed by atoms with Crippen molar-refractivity contribution in [3.8, 4) is 0 Å². The summed E-state index contributed by atoms with van der Waals surface area (Å²) in [6.45, 7) is 9.04. The Morgan fingerprint density at radius 3 is 0.803 bits per heavy atom. The molecule has 0 aliphatic heterocycles. The fraction of sp³-hybridized carbons (Fsp3) is 0.945. The van der Waals surface area contributed by atoms with Crippen LogP contribution in [0.3, 0.4) is 0 Å². The van der Waals surface area contributed by atoms with Crippen LogP contribution >= 0.6 is 0 Å². The zero-order chi connectivity index (χ0) is 44.5. The third kappa shape index (κ3) is 49.3. The first-order valence-electron chi connectivity index (χ1n) is 27.4. The Hall–Kier alpha value is -1.59. The Bertz CT molecular complexity index is 918. The maximum atomic E-state index is 12.8. The van der Waals surface area contributed by atoms with Crippen LogP contribution < -0.4 is 0 Å². The Morgan fingerprint density at radius 2 is 0.541 bits per heavy atom. The predicted molar refractivity (Wildman–Crippen MR) is 261 cm³/mol. The van der Waals surface area contributed by atoms with Crippen molar-refractivity contribution in [2.45, 2.75) is 316 Å². The summed E-state index contributed by atoms with van der Waals surface area (Å²) in [7, 11) is 0. The van der Waals surface area contributed by atoms with E-state index < -0.39 is 6.10 Å². The zero-order valence-electron chi connectivity index (χ0n) is 41.6. The van der Waals surface area contributed by atoms with Crippen molar-refractivity contribution in [1.29, 1.82) is 0 Å². The number of ether oxygens (including phenoxy) is 3. The molecular weight excluding hydrogens is 757 g/mol. The van der Waals surface area contributed by atoms with Gasteiger partial charge in [-0.1, -0.05) is 272 Å². The summed E-state index contributed by atoms with van der Waals surface area (Å²) >= 11 is 0. The second kappa shape index (κ2) is 49.4. The van der Waals surface area contributed by atoms with Gasteiger partial charge in [-0.25, -0.2) is 0 Å². The molecule has 0 saturated heterocycles. The van der Waals surface area contributed by atoms with E-state index in [1.807, 2.05) is 0 Å². The summed E-state index contributed by atoms with van der Waals surface area (Å²) in [6.07, 6.45) is 52.4. The van der Waals surface area contributed by atoms with Crippen LogP contribution in [0.2, 0.25) is 0 Å². The highest BCUT2D eigenvalue weighted by molar-refractivity contribution is 5.71. The Balaban J connectivity index is 4.18. The van der Waals surface area contributed by atoms with Gasteiger partial charge >= 0.3 is 17.9 Å². The van der Waals surface area contributed by atoms with Gasteiger partial charge in [0.2, 0.25) is 0 Å². The molecule has 0 amide bonds. The Labute approximate surface area is 380 Å². The van der Waals surface area contributed by atoms with Gasteiger partial charge in [0.25, 0.3) is 0 Å². The summed E-state index contributed by atoms with van der Waals surface area (Å²) in [5, 5.41) is 0. The minimum atomic E-state index is -0.760. The van der Waals surface area contributed by atoms with Crippen LogP contribution in [0.1, 0.15) is 310 Å².